The number of aromatic nitrogens is 1. The van der Waals surface area contributed by atoms with Crippen LogP contribution in [0.2, 0.25) is 0 Å². The minimum Gasteiger partial charge on any atom is -0.429 e. The Morgan fingerprint density at radius 2 is 1.44 bits per heavy atom. The number of halogens is 7. The second kappa shape index (κ2) is 11.7. The summed E-state index contributed by atoms with van der Waals surface area (Å²) in [6.07, 6.45) is -0.437. The van der Waals surface area contributed by atoms with Crippen LogP contribution in [0.15, 0.2) is 42.5 Å². The summed E-state index contributed by atoms with van der Waals surface area (Å²) >= 11 is 1.10. The Morgan fingerprint density at radius 1 is 0.814 bits per heavy atom. The Bertz CT molecular complexity index is 1600. The number of benzene rings is 3. The third-order valence-electron chi connectivity index (χ3n) is 8.12. The molecule has 12 heteroatoms. The lowest BCUT2D eigenvalue weighted by atomic mass is 9.76. The topological polar surface area (TPSA) is 40.6 Å². The molecule has 3 aromatic carbocycles. The lowest BCUT2D eigenvalue weighted by molar-refractivity contribution is -0.214. The average molecular weight is 626 g/mol. The van der Waals surface area contributed by atoms with E-state index in [1.165, 1.54) is 25.7 Å². The van der Waals surface area contributed by atoms with Gasteiger partial charge in [-0.25, -0.2) is 26.9 Å². The summed E-state index contributed by atoms with van der Waals surface area (Å²) in [6.45, 7) is 3.48. The number of ether oxygens (including phenoxy) is 3. The van der Waals surface area contributed by atoms with Gasteiger partial charge < -0.3 is 14.2 Å². The molecule has 2 fully saturated rings. The zero-order valence-corrected chi connectivity index (χ0v) is 23.6. The second-order valence-electron chi connectivity index (χ2n) is 11.2. The van der Waals surface area contributed by atoms with Crippen molar-refractivity contribution in [1.82, 2.24) is 4.98 Å². The molecule has 0 unspecified atom stereocenters. The van der Waals surface area contributed by atoms with Crippen molar-refractivity contribution in [3.63, 3.8) is 0 Å². The molecule has 0 amide bonds. The van der Waals surface area contributed by atoms with Crippen molar-refractivity contribution >= 4 is 21.6 Å². The first-order valence-corrected chi connectivity index (χ1v) is 14.6. The summed E-state index contributed by atoms with van der Waals surface area (Å²) in [6, 6.07) is 6.95. The van der Waals surface area contributed by atoms with Crippen molar-refractivity contribution in [2.45, 2.75) is 45.0 Å². The van der Waals surface area contributed by atoms with Gasteiger partial charge in [0.15, 0.2) is 23.7 Å². The largest absolute Gasteiger partial charge is 0.432 e. The minimum absolute atomic E-state index is 0.106. The molecule has 0 bridgehead atoms. The SMILES string of the molecule is CC1CCC(C2COC(c3ccc4nc(-c5cc(F)c(C(F)(F)Oc6cc(F)c(F)c(F)c6)c(F)c5)sc4c3)OC2)CC1. The summed E-state index contributed by atoms with van der Waals surface area (Å²) in [5, 5.41) is 0.167. The van der Waals surface area contributed by atoms with Gasteiger partial charge in [0.2, 0.25) is 0 Å². The van der Waals surface area contributed by atoms with E-state index in [1.807, 2.05) is 6.07 Å². The fourth-order valence-electron chi connectivity index (χ4n) is 5.72. The molecule has 4 nitrogen and oxygen atoms in total. The van der Waals surface area contributed by atoms with Gasteiger partial charge in [-0.1, -0.05) is 25.8 Å². The number of fused-ring (bicyclic) bond motifs is 1. The van der Waals surface area contributed by atoms with E-state index in [1.54, 1.807) is 12.1 Å². The fourth-order valence-corrected chi connectivity index (χ4v) is 6.72. The Morgan fingerprint density at radius 3 is 2.07 bits per heavy atom. The van der Waals surface area contributed by atoms with Crippen LogP contribution in [-0.4, -0.2) is 18.2 Å². The maximum absolute atomic E-state index is 14.9. The second-order valence-corrected chi connectivity index (χ2v) is 12.2. The molecular weight excluding hydrogens is 599 g/mol. The van der Waals surface area contributed by atoms with Gasteiger partial charge in [-0.15, -0.1) is 11.3 Å². The summed E-state index contributed by atoms with van der Waals surface area (Å²) in [5.74, 6) is -8.31. The van der Waals surface area contributed by atoms with E-state index in [9.17, 15) is 30.7 Å². The van der Waals surface area contributed by atoms with E-state index in [0.717, 1.165) is 22.8 Å². The van der Waals surface area contributed by atoms with Gasteiger partial charge in [0.25, 0.3) is 0 Å². The smallest absolute Gasteiger partial charge is 0.429 e. The predicted octanol–water partition coefficient (Wildman–Crippen LogP) is 9.27. The average Bonchev–Trinajstić information content (AvgIpc) is 3.39. The fraction of sp³-hybridized carbons (Fsp3) is 0.387. The molecule has 2 aliphatic rings. The maximum atomic E-state index is 14.9. The van der Waals surface area contributed by atoms with Crippen LogP contribution >= 0.6 is 11.3 Å². The van der Waals surface area contributed by atoms with E-state index >= 15 is 0 Å². The van der Waals surface area contributed by atoms with Crippen LogP contribution in [0.3, 0.4) is 0 Å². The normalized spacial score (nSPS) is 23.1. The van der Waals surface area contributed by atoms with Gasteiger partial charge in [0.05, 0.1) is 23.4 Å². The summed E-state index contributed by atoms with van der Waals surface area (Å²) in [4.78, 5) is 4.38. The van der Waals surface area contributed by atoms with Crippen molar-refractivity contribution < 1.29 is 44.9 Å². The first kappa shape index (κ1) is 29.8. The summed E-state index contributed by atoms with van der Waals surface area (Å²) in [7, 11) is 0. The number of rotatable bonds is 6. The molecule has 1 aliphatic heterocycles. The van der Waals surface area contributed by atoms with Crippen molar-refractivity contribution in [3.8, 4) is 16.3 Å². The van der Waals surface area contributed by atoms with Gasteiger partial charge in [-0.05, 0) is 48.9 Å². The van der Waals surface area contributed by atoms with Crippen LogP contribution < -0.4 is 4.74 Å². The standard InChI is InChI=1S/C31H26F7NO3S/c1-15-2-4-16(5-3-15)19-13-40-30(41-14-19)17-6-7-25-26(10-17)43-29(39-25)18-8-21(32)27(22(33)9-18)31(37,38)42-20-11-23(34)28(36)24(35)12-20/h6-12,15-16,19,30H,2-5,13-14H2,1H3. The molecule has 6 rings (SSSR count). The highest BCUT2D eigenvalue weighted by molar-refractivity contribution is 7.21. The van der Waals surface area contributed by atoms with Crippen molar-refractivity contribution in [3.05, 3.63) is 82.7 Å². The van der Waals surface area contributed by atoms with E-state index in [2.05, 4.69) is 16.6 Å². The Hall–Kier alpha value is -3.22. The third-order valence-corrected chi connectivity index (χ3v) is 9.19. The molecule has 1 aromatic heterocycles. The molecule has 228 valence electrons. The monoisotopic (exact) mass is 625 g/mol. The van der Waals surface area contributed by atoms with Gasteiger partial charge in [0.1, 0.15) is 28.0 Å². The van der Waals surface area contributed by atoms with Crippen LogP contribution in [0.25, 0.3) is 20.8 Å². The van der Waals surface area contributed by atoms with Crippen molar-refractivity contribution in [1.29, 1.82) is 0 Å². The lowest BCUT2D eigenvalue weighted by Gasteiger charge is -2.37. The van der Waals surface area contributed by atoms with Gasteiger partial charge in [-0.2, -0.15) is 8.78 Å². The van der Waals surface area contributed by atoms with Crippen LogP contribution in [-0.2, 0) is 15.6 Å². The first-order chi connectivity index (χ1) is 20.5. The molecule has 1 saturated heterocycles. The number of alkyl halides is 2. The first-order valence-electron chi connectivity index (χ1n) is 13.8. The highest BCUT2D eigenvalue weighted by Crippen LogP contribution is 2.41. The Balaban J connectivity index is 1.18. The van der Waals surface area contributed by atoms with E-state index in [4.69, 9.17) is 9.47 Å². The zero-order valence-electron chi connectivity index (χ0n) is 22.8. The van der Waals surface area contributed by atoms with Crippen molar-refractivity contribution in [2.75, 3.05) is 13.2 Å². The minimum atomic E-state index is -4.68. The number of nitrogens with zero attached hydrogens (tertiary/aromatic N) is 1. The highest BCUT2D eigenvalue weighted by atomic mass is 32.1. The lowest BCUT2D eigenvalue weighted by Crippen LogP contribution is -2.34. The number of thiazole rings is 1. The predicted molar refractivity (Wildman–Crippen MR) is 145 cm³/mol. The zero-order chi connectivity index (χ0) is 30.5. The van der Waals surface area contributed by atoms with Gasteiger partial charge >= 0.3 is 6.11 Å². The van der Waals surface area contributed by atoms with Crippen LogP contribution in [0.5, 0.6) is 5.75 Å². The highest BCUT2D eigenvalue weighted by Gasteiger charge is 2.42. The van der Waals surface area contributed by atoms with Gasteiger partial charge in [0, 0.05) is 29.2 Å². The van der Waals surface area contributed by atoms with Gasteiger partial charge in [-0.3, -0.25) is 0 Å². The van der Waals surface area contributed by atoms with E-state index in [-0.39, 0.29) is 22.7 Å². The number of hydrogen-bond donors (Lipinski definition) is 0. The molecule has 1 aliphatic carbocycles. The van der Waals surface area contributed by atoms with Crippen LogP contribution in [0.4, 0.5) is 30.7 Å². The van der Waals surface area contributed by atoms with E-state index < -0.39 is 52.8 Å². The maximum Gasteiger partial charge on any atom is 0.432 e. The molecule has 1 saturated carbocycles. The molecule has 0 atom stereocenters. The van der Waals surface area contributed by atoms with Crippen LogP contribution in [0.1, 0.15) is 50.0 Å². The third kappa shape index (κ3) is 6.09. The molecular formula is C31H26F7NO3S. The molecule has 0 spiro atoms. The summed E-state index contributed by atoms with van der Waals surface area (Å²) in [5.41, 5.74) is -0.604. The molecule has 0 radical (unpaired) electrons. The summed E-state index contributed by atoms with van der Waals surface area (Å²) < 4.78 is 116. The quantitative estimate of drug-likeness (QED) is 0.158. The number of hydrogen-bond acceptors (Lipinski definition) is 5. The Labute approximate surface area is 246 Å². The van der Waals surface area contributed by atoms with Crippen molar-refractivity contribution in [2.24, 2.45) is 17.8 Å². The van der Waals surface area contributed by atoms with Crippen LogP contribution in [0, 0.1) is 46.8 Å². The molecule has 43 heavy (non-hydrogen) atoms. The van der Waals surface area contributed by atoms with E-state index in [0.29, 0.717) is 47.4 Å². The molecule has 4 aromatic rings. The molecule has 2 heterocycles. The Kier molecular flexibility index (Phi) is 8.12. The molecule has 0 N–H and O–H groups in total.